The summed E-state index contributed by atoms with van der Waals surface area (Å²) in [5, 5.41) is 3.18. The van der Waals surface area contributed by atoms with E-state index in [-0.39, 0.29) is 0 Å². The third-order valence-corrected chi connectivity index (χ3v) is 3.00. The highest BCUT2D eigenvalue weighted by molar-refractivity contribution is 4.71. The molecule has 1 heterocycles. The van der Waals surface area contributed by atoms with Crippen molar-refractivity contribution < 1.29 is 4.74 Å². The van der Waals surface area contributed by atoms with Crippen LogP contribution in [-0.2, 0) is 4.74 Å². The molecule has 3 nitrogen and oxygen atoms in total. The van der Waals surface area contributed by atoms with Gasteiger partial charge in [-0.1, -0.05) is 0 Å². The van der Waals surface area contributed by atoms with Gasteiger partial charge in [-0.3, -0.25) is 0 Å². The summed E-state index contributed by atoms with van der Waals surface area (Å²) in [6, 6.07) is 0.762. The number of rotatable bonds is 6. The fraction of sp³-hybridized carbons (Fsp3) is 1.00. The van der Waals surface area contributed by atoms with Crippen LogP contribution in [0.4, 0.5) is 0 Å². The van der Waals surface area contributed by atoms with Crippen LogP contribution in [0.5, 0.6) is 0 Å². The molecule has 0 saturated carbocycles. The summed E-state index contributed by atoms with van der Waals surface area (Å²) in [5.74, 6) is 0. The molecule has 0 aromatic rings. The molecule has 0 radical (unpaired) electrons. The summed E-state index contributed by atoms with van der Waals surface area (Å²) in [6.07, 6.45) is 5.00. The van der Waals surface area contributed by atoms with Gasteiger partial charge in [0.05, 0.1) is 0 Å². The molecule has 14 heavy (non-hydrogen) atoms. The molecule has 0 unspecified atom stereocenters. The minimum absolute atomic E-state index is 0.762. The summed E-state index contributed by atoms with van der Waals surface area (Å²) in [7, 11) is 4.26. The van der Waals surface area contributed by atoms with Gasteiger partial charge in [-0.25, -0.2) is 0 Å². The average molecular weight is 200 g/mol. The molecule has 1 N–H and O–H groups in total. The molecule has 0 aromatic carbocycles. The minimum atomic E-state index is 0.762. The zero-order chi connectivity index (χ0) is 10.2. The molecule has 84 valence electrons. The number of nitrogens with one attached hydrogen (secondary N) is 1. The quantitative estimate of drug-likeness (QED) is 0.650. The Balaban J connectivity index is 2.04. The molecular weight excluding hydrogens is 176 g/mol. The molecule has 0 aliphatic carbocycles. The van der Waals surface area contributed by atoms with E-state index >= 15 is 0 Å². The Hall–Kier alpha value is -0.120. The Morgan fingerprint density at radius 1 is 1.29 bits per heavy atom. The molecule has 0 aromatic heterocycles. The van der Waals surface area contributed by atoms with E-state index in [0.717, 1.165) is 25.8 Å². The van der Waals surface area contributed by atoms with Crippen LogP contribution in [0.3, 0.4) is 0 Å². The van der Waals surface area contributed by atoms with Gasteiger partial charge in [0.2, 0.25) is 0 Å². The lowest BCUT2D eigenvalue weighted by Gasteiger charge is -2.31. The predicted octanol–water partition coefficient (Wildman–Crippen LogP) is 1.10. The lowest BCUT2D eigenvalue weighted by atomic mass is 10.1. The van der Waals surface area contributed by atoms with E-state index in [4.69, 9.17) is 4.74 Å². The van der Waals surface area contributed by atoms with Crippen LogP contribution >= 0.6 is 0 Å². The molecule has 3 heteroatoms. The second kappa shape index (κ2) is 7.21. The first-order chi connectivity index (χ1) is 6.84. The van der Waals surface area contributed by atoms with Crippen LogP contribution in [-0.4, -0.2) is 51.3 Å². The highest BCUT2D eigenvalue weighted by Gasteiger charge is 2.17. The van der Waals surface area contributed by atoms with Crippen molar-refractivity contribution in [2.75, 3.05) is 40.4 Å². The number of nitrogens with zero attached hydrogens (tertiary/aromatic N) is 1. The highest BCUT2D eigenvalue weighted by Crippen LogP contribution is 2.12. The summed E-state index contributed by atoms with van der Waals surface area (Å²) in [6.45, 7) is 4.27. The van der Waals surface area contributed by atoms with Crippen molar-refractivity contribution in [3.05, 3.63) is 0 Å². The number of hydrogen-bond donors (Lipinski definition) is 1. The molecule has 0 bridgehead atoms. The SMILES string of the molecule is CNCCCCN(C)C1CCOCC1. The largest absolute Gasteiger partial charge is 0.381 e. The van der Waals surface area contributed by atoms with Gasteiger partial charge >= 0.3 is 0 Å². The molecule has 1 aliphatic rings. The maximum absolute atomic E-state index is 5.36. The van der Waals surface area contributed by atoms with E-state index < -0.39 is 0 Å². The van der Waals surface area contributed by atoms with Crippen molar-refractivity contribution in [3.63, 3.8) is 0 Å². The van der Waals surface area contributed by atoms with Crippen molar-refractivity contribution in [2.24, 2.45) is 0 Å². The Labute approximate surface area is 87.8 Å². The van der Waals surface area contributed by atoms with Crippen molar-refractivity contribution in [1.82, 2.24) is 10.2 Å². The van der Waals surface area contributed by atoms with Gasteiger partial charge in [-0.2, -0.15) is 0 Å². The fourth-order valence-corrected chi connectivity index (χ4v) is 1.97. The first-order valence-electron chi connectivity index (χ1n) is 5.77. The molecule has 1 fully saturated rings. The van der Waals surface area contributed by atoms with Gasteiger partial charge in [0.25, 0.3) is 0 Å². The summed E-state index contributed by atoms with van der Waals surface area (Å²) in [4.78, 5) is 2.50. The zero-order valence-corrected chi connectivity index (χ0v) is 9.59. The van der Waals surface area contributed by atoms with Crippen molar-refractivity contribution in [2.45, 2.75) is 31.7 Å². The van der Waals surface area contributed by atoms with Crippen molar-refractivity contribution in [3.8, 4) is 0 Å². The van der Waals surface area contributed by atoms with Gasteiger partial charge in [0.1, 0.15) is 0 Å². The molecule has 0 atom stereocenters. The topological polar surface area (TPSA) is 24.5 Å². The van der Waals surface area contributed by atoms with E-state index in [0.29, 0.717) is 0 Å². The number of hydrogen-bond acceptors (Lipinski definition) is 3. The van der Waals surface area contributed by atoms with Crippen LogP contribution in [0.1, 0.15) is 25.7 Å². The van der Waals surface area contributed by atoms with E-state index in [9.17, 15) is 0 Å². The molecule has 0 amide bonds. The van der Waals surface area contributed by atoms with Gasteiger partial charge in [0.15, 0.2) is 0 Å². The summed E-state index contributed by atoms with van der Waals surface area (Å²) in [5.41, 5.74) is 0. The standard InChI is InChI=1S/C11H24N2O/c1-12-7-3-4-8-13(2)11-5-9-14-10-6-11/h11-12H,3-10H2,1-2H3. The predicted molar refractivity (Wildman–Crippen MR) is 59.6 cm³/mol. The Kier molecular flexibility index (Phi) is 6.15. The minimum Gasteiger partial charge on any atom is -0.381 e. The van der Waals surface area contributed by atoms with Crippen LogP contribution in [0.15, 0.2) is 0 Å². The summed E-state index contributed by atoms with van der Waals surface area (Å²) >= 11 is 0. The Morgan fingerprint density at radius 3 is 2.64 bits per heavy atom. The lowest BCUT2D eigenvalue weighted by molar-refractivity contribution is 0.0426. The van der Waals surface area contributed by atoms with Crippen LogP contribution < -0.4 is 5.32 Å². The average Bonchev–Trinajstić information content (AvgIpc) is 2.25. The van der Waals surface area contributed by atoms with Gasteiger partial charge in [-0.15, -0.1) is 0 Å². The zero-order valence-electron chi connectivity index (χ0n) is 9.59. The molecule has 1 aliphatic heterocycles. The second-order valence-electron chi connectivity index (χ2n) is 4.13. The number of unbranched alkanes of at least 4 members (excludes halogenated alkanes) is 1. The van der Waals surface area contributed by atoms with Crippen molar-refractivity contribution in [1.29, 1.82) is 0 Å². The maximum Gasteiger partial charge on any atom is 0.0480 e. The Morgan fingerprint density at radius 2 is 2.00 bits per heavy atom. The smallest absolute Gasteiger partial charge is 0.0480 e. The van der Waals surface area contributed by atoms with Crippen LogP contribution in [0, 0.1) is 0 Å². The van der Waals surface area contributed by atoms with E-state index in [2.05, 4.69) is 17.3 Å². The number of ether oxygens (including phenoxy) is 1. The van der Waals surface area contributed by atoms with Crippen LogP contribution in [0.25, 0.3) is 0 Å². The molecular formula is C11H24N2O. The molecule has 0 spiro atoms. The second-order valence-corrected chi connectivity index (χ2v) is 4.13. The Bertz CT molecular complexity index is 135. The van der Waals surface area contributed by atoms with E-state index in [1.54, 1.807) is 0 Å². The monoisotopic (exact) mass is 200 g/mol. The fourth-order valence-electron chi connectivity index (χ4n) is 1.97. The normalized spacial score (nSPS) is 19.1. The van der Waals surface area contributed by atoms with E-state index in [1.807, 2.05) is 7.05 Å². The maximum atomic E-state index is 5.36. The van der Waals surface area contributed by atoms with Gasteiger partial charge < -0.3 is 15.0 Å². The van der Waals surface area contributed by atoms with Crippen LogP contribution in [0.2, 0.25) is 0 Å². The van der Waals surface area contributed by atoms with Gasteiger partial charge in [-0.05, 0) is 52.9 Å². The van der Waals surface area contributed by atoms with Crippen molar-refractivity contribution >= 4 is 0 Å². The molecule has 1 rings (SSSR count). The lowest BCUT2D eigenvalue weighted by Crippen LogP contribution is -2.37. The third-order valence-electron chi connectivity index (χ3n) is 3.00. The summed E-state index contributed by atoms with van der Waals surface area (Å²) < 4.78 is 5.36. The highest BCUT2D eigenvalue weighted by atomic mass is 16.5. The van der Waals surface area contributed by atoms with Gasteiger partial charge in [0, 0.05) is 19.3 Å². The van der Waals surface area contributed by atoms with E-state index in [1.165, 1.54) is 32.2 Å². The third kappa shape index (κ3) is 4.40. The molecule has 1 saturated heterocycles. The first-order valence-corrected chi connectivity index (χ1v) is 5.77. The first kappa shape index (κ1) is 12.0.